The number of rotatable bonds is 5. The van der Waals surface area contributed by atoms with Crippen molar-refractivity contribution in [2.75, 3.05) is 0 Å². The summed E-state index contributed by atoms with van der Waals surface area (Å²) in [5.41, 5.74) is -1.07. The smallest absolute Gasteiger partial charge is 0.407 e. The Balaban J connectivity index is 1.87. The van der Waals surface area contributed by atoms with E-state index in [-0.39, 0.29) is 0 Å². The van der Waals surface area contributed by atoms with Crippen LogP contribution in [0.4, 0.5) is 9.59 Å². The Kier molecular flexibility index (Phi) is 7.00. The third-order valence-electron chi connectivity index (χ3n) is 2.90. The van der Waals surface area contributed by atoms with Crippen molar-refractivity contribution in [2.24, 2.45) is 0 Å². The second kappa shape index (κ2) is 8.87. The molecule has 2 rings (SSSR count). The average molecular weight is 427 g/mol. The Morgan fingerprint density at radius 3 is 1.50 bits per heavy atom. The van der Waals surface area contributed by atoms with Crippen LogP contribution in [0.2, 0.25) is 0 Å². The maximum absolute atomic E-state index is 11.7. The third kappa shape index (κ3) is 7.81. The van der Waals surface area contributed by atoms with E-state index in [9.17, 15) is 9.59 Å². The van der Waals surface area contributed by atoms with Gasteiger partial charge in [-0.1, -0.05) is 0 Å². The Morgan fingerprint density at radius 2 is 1.18 bits per heavy atom. The summed E-state index contributed by atoms with van der Waals surface area (Å²) in [6.07, 6.45) is 2.48. The van der Waals surface area contributed by atoms with Crippen LogP contribution in [0, 0.1) is 0 Å². The largest absolute Gasteiger partial charge is 0.444 e. The zero-order valence-electron chi connectivity index (χ0n) is 16.9. The van der Waals surface area contributed by atoms with Gasteiger partial charge in [0.15, 0.2) is 10.0 Å². The van der Waals surface area contributed by atoms with E-state index in [1.807, 2.05) is 41.5 Å². The Morgan fingerprint density at radius 1 is 0.821 bits per heavy atom. The van der Waals surface area contributed by atoms with Crippen molar-refractivity contribution in [1.82, 2.24) is 20.6 Å². The number of nitrogens with zero attached hydrogens (tertiary/aromatic N) is 2. The molecule has 0 saturated heterocycles. The van der Waals surface area contributed by atoms with Crippen molar-refractivity contribution >= 4 is 34.9 Å². The SMILES string of the molecule is CC(C)(C)OC(=O)NCc1cnc(-c2ncc(CNC(=O)OC(C)(C)C)s2)s1. The van der Waals surface area contributed by atoms with Crippen molar-refractivity contribution in [3.05, 3.63) is 22.1 Å². The highest BCUT2D eigenvalue weighted by atomic mass is 32.1. The van der Waals surface area contributed by atoms with Crippen molar-refractivity contribution < 1.29 is 19.1 Å². The maximum atomic E-state index is 11.7. The zero-order valence-corrected chi connectivity index (χ0v) is 18.5. The summed E-state index contributed by atoms with van der Waals surface area (Å²) >= 11 is 2.89. The summed E-state index contributed by atoms with van der Waals surface area (Å²) in [5, 5.41) is 6.93. The molecular weight excluding hydrogens is 400 g/mol. The van der Waals surface area contributed by atoms with Gasteiger partial charge in [-0.15, -0.1) is 22.7 Å². The molecule has 10 heteroatoms. The highest BCUT2D eigenvalue weighted by molar-refractivity contribution is 7.21. The number of carbonyl (C=O) groups is 2. The van der Waals surface area contributed by atoms with E-state index in [2.05, 4.69) is 20.6 Å². The van der Waals surface area contributed by atoms with Crippen LogP contribution in [0.25, 0.3) is 10.0 Å². The first-order valence-electron chi connectivity index (χ1n) is 8.75. The lowest BCUT2D eigenvalue weighted by Gasteiger charge is -2.19. The number of alkyl carbamates (subject to hydrolysis) is 2. The van der Waals surface area contributed by atoms with Crippen molar-refractivity contribution in [2.45, 2.75) is 65.8 Å². The maximum Gasteiger partial charge on any atom is 0.407 e. The molecule has 2 aromatic rings. The average Bonchev–Trinajstić information content (AvgIpc) is 3.17. The molecule has 2 N–H and O–H groups in total. The fourth-order valence-corrected chi connectivity index (χ4v) is 3.66. The van der Waals surface area contributed by atoms with Crippen LogP contribution in [-0.4, -0.2) is 33.4 Å². The van der Waals surface area contributed by atoms with Gasteiger partial charge in [0, 0.05) is 22.1 Å². The fourth-order valence-electron chi connectivity index (χ4n) is 1.92. The van der Waals surface area contributed by atoms with Gasteiger partial charge in [-0.3, -0.25) is 0 Å². The van der Waals surface area contributed by atoms with E-state index in [1.165, 1.54) is 22.7 Å². The van der Waals surface area contributed by atoms with Gasteiger partial charge in [0.1, 0.15) is 11.2 Å². The van der Waals surface area contributed by atoms with Gasteiger partial charge in [0.25, 0.3) is 0 Å². The number of hydrogen-bond donors (Lipinski definition) is 2. The van der Waals surface area contributed by atoms with Crippen LogP contribution >= 0.6 is 22.7 Å². The highest BCUT2D eigenvalue weighted by Crippen LogP contribution is 2.29. The predicted molar refractivity (Wildman–Crippen MR) is 109 cm³/mol. The number of carbonyl (C=O) groups excluding carboxylic acids is 2. The summed E-state index contributed by atoms with van der Waals surface area (Å²) in [6.45, 7) is 11.6. The van der Waals surface area contributed by atoms with Gasteiger partial charge in [-0.2, -0.15) is 0 Å². The monoisotopic (exact) mass is 426 g/mol. The molecule has 2 aromatic heterocycles. The Bertz CT molecular complexity index is 750. The first-order valence-corrected chi connectivity index (χ1v) is 10.4. The lowest BCUT2D eigenvalue weighted by Crippen LogP contribution is -2.31. The van der Waals surface area contributed by atoms with Gasteiger partial charge >= 0.3 is 12.2 Å². The molecule has 0 bridgehead atoms. The first kappa shape index (κ1) is 22.1. The van der Waals surface area contributed by atoms with E-state index < -0.39 is 23.4 Å². The molecule has 0 radical (unpaired) electrons. The number of nitrogens with one attached hydrogen (secondary N) is 2. The summed E-state index contributed by atoms with van der Waals surface area (Å²) in [4.78, 5) is 33.9. The van der Waals surface area contributed by atoms with E-state index in [0.29, 0.717) is 13.1 Å². The first-order chi connectivity index (χ1) is 12.9. The van der Waals surface area contributed by atoms with Crippen molar-refractivity contribution in [1.29, 1.82) is 0 Å². The highest BCUT2D eigenvalue weighted by Gasteiger charge is 2.18. The van der Waals surface area contributed by atoms with E-state index in [4.69, 9.17) is 9.47 Å². The molecule has 2 heterocycles. The topological polar surface area (TPSA) is 102 Å². The molecule has 154 valence electrons. The quantitative estimate of drug-likeness (QED) is 0.738. The zero-order chi connectivity index (χ0) is 20.9. The minimum Gasteiger partial charge on any atom is -0.444 e. The Hall–Kier alpha value is -2.20. The lowest BCUT2D eigenvalue weighted by molar-refractivity contribution is 0.0512. The molecule has 8 nitrogen and oxygen atoms in total. The van der Waals surface area contributed by atoms with Gasteiger partial charge in [0.05, 0.1) is 13.1 Å². The minimum absolute atomic E-state index is 0.338. The number of amides is 2. The van der Waals surface area contributed by atoms with Crippen molar-refractivity contribution in [3.8, 4) is 10.0 Å². The number of aromatic nitrogens is 2. The molecule has 0 aromatic carbocycles. The summed E-state index contributed by atoms with van der Waals surface area (Å²) in [6, 6.07) is 0. The predicted octanol–water partition coefficient (Wildman–Crippen LogP) is 4.32. The second-order valence-electron chi connectivity index (χ2n) is 7.97. The van der Waals surface area contributed by atoms with Gasteiger partial charge in [-0.25, -0.2) is 19.6 Å². The second-order valence-corrected chi connectivity index (χ2v) is 10.2. The van der Waals surface area contributed by atoms with E-state index in [1.54, 1.807) is 12.4 Å². The van der Waals surface area contributed by atoms with Gasteiger partial charge < -0.3 is 20.1 Å². The molecule has 0 unspecified atom stereocenters. The molecule has 2 amide bonds. The van der Waals surface area contributed by atoms with Gasteiger partial charge in [0.2, 0.25) is 0 Å². The normalized spacial score (nSPS) is 11.8. The summed E-state index contributed by atoms with van der Waals surface area (Å²) < 4.78 is 10.4. The van der Waals surface area contributed by atoms with Crippen LogP contribution < -0.4 is 10.6 Å². The molecule has 0 fully saturated rings. The van der Waals surface area contributed by atoms with Gasteiger partial charge in [-0.05, 0) is 41.5 Å². The van der Waals surface area contributed by atoms with Crippen LogP contribution in [-0.2, 0) is 22.6 Å². The molecule has 0 saturated carbocycles. The van der Waals surface area contributed by atoms with Crippen LogP contribution in [0.15, 0.2) is 12.4 Å². The molecule has 0 aliphatic rings. The van der Waals surface area contributed by atoms with E-state index >= 15 is 0 Å². The third-order valence-corrected chi connectivity index (χ3v) is 5.04. The summed E-state index contributed by atoms with van der Waals surface area (Å²) in [7, 11) is 0. The number of ether oxygens (including phenoxy) is 2. The number of thiazole rings is 2. The van der Waals surface area contributed by atoms with Crippen LogP contribution in [0.1, 0.15) is 51.3 Å². The van der Waals surface area contributed by atoms with Crippen molar-refractivity contribution in [3.63, 3.8) is 0 Å². The standard InChI is InChI=1S/C18H26N4O4S2/c1-17(2,3)25-15(23)21-9-11-7-19-13(27-11)14-20-8-12(28-14)10-22-16(24)26-18(4,5)6/h7-8H,9-10H2,1-6H3,(H,21,23)(H,22,24). The fraction of sp³-hybridized carbons (Fsp3) is 0.556. The van der Waals surface area contributed by atoms with Crippen LogP contribution in [0.5, 0.6) is 0 Å². The molecular formula is C18H26N4O4S2. The molecule has 28 heavy (non-hydrogen) atoms. The molecule has 0 aliphatic heterocycles. The minimum atomic E-state index is -0.534. The number of hydrogen-bond acceptors (Lipinski definition) is 8. The van der Waals surface area contributed by atoms with Crippen LogP contribution in [0.3, 0.4) is 0 Å². The molecule has 0 spiro atoms. The summed E-state index contributed by atoms with van der Waals surface area (Å²) in [5.74, 6) is 0. The van der Waals surface area contributed by atoms with E-state index in [0.717, 1.165) is 19.8 Å². The lowest BCUT2D eigenvalue weighted by atomic mass is 10.2. The molecule has 0 aliphatic carbocycles. The molecule has 0 atom stereocenters. The Labute approximate surface area is 172 Å².